The minimum Gasteiger partial charge on any atom is -0.475 e. The van der Waals surface area contributed by atoms with Gasteiger partial charge in [-0.3, -0.25) is 0 Å². The molecule has 0 unspecified atom stereocenters. The van der Waals surface area contributed by atoms with Crippen LogP contribution in [0.25, 0.3) is 0 Å². The third-order valence-electron chi connectivity index (χ3n) is 1.52. The maximum absolute atomic E-state index is 5.32. The molecule has 1 aromatic rings. The van der Waals surface area contributed by atoms with E-state index in [1.807, 2.05) is 0 Å². The van der Waals surface area contributed by atoms with Gasteiger partial charge in [0.2, 0.25) is 5.88 Å². The normalized spacial score (nSPS) is 10.3. The van der Waals surface area contributed by atoms with Crippen molar-refractivity contribution < 1.29 is 14.2 Å². The van der Waals surface area contributed by atoms with E-state index in [0.717, 1.165) is 0 Å². The van der Waals surface area contributed by atoms with Gasteiger partial charge >= 0.3 is 0 Å². The van der Waals surface area contributed by atoms with Crippen LogP contribution in [0, 0.1) is 0 Å². The molecule has 0 N–H and O–H groups in total. The molecule has 0 aromatic carbocycles. The second kappa shape index (κ2) is 7.56. The zero-order valence-electron chi connectivity index (χ0n) is 8.48. The first-order chi connectivity index (χ1) is 7.33. The fraction of sp³-hybridized carbons (Fsp3) is 0.556. The van der Waals surface area contributed by atoms with Gasteiger partial charge in [-0.05, 0) is 15.9 Å². The van der Waals surface area contributed by atoms with Gasteiger partial charge in [0.1, 0.15) is 17.5 Å². The molecule has 0 amide bonds. The molecule has 0 aliphatic carbocycles. The Morgan fingerprint density at radius 2 is 2.00 bits per heavy atom. The van der Waals surface area contributed by atoms with Crippen molar-refractivity contribution in [3.05, 3.63) is 17.0 Å². The predicted octanol–water partition coefficient (Wildman–Crippen LogP) is 1.28. The maximum Gasteiger partial charge on any atom is 0.217 e. The lowest BCUT2D eigenvalue weighted by molar-refractivity contribution is 0.0536. The van der Waals surface area contributed by atoms with Crippen molar-refractivity contribution in [2.24, 2.45) is 0 Å². The highest BCUT2D eigenvalue weighted by molar-refractivity contribution is 9.10. The van der Waals surface area contributed by atoms with Crippen LogP contribution in [-0.4, -0.2) is 43.5 Å². The molecule has 6 heteroatoms. The van der Waals surface area contributed by atoms with Crippen LogP contribution in [0.15, 0.2) is 17.0 Å². The van der Waals surface area contributed by atoms with Crippen molar-refractivity contribution >= 4 is 15.9 Å². The minimum atomic E-state index is 0.465. The minimum absolute atomic E-state index is 0.465. The summed E-state index contributed by atoms with van der Waals surface area (Å²) in [6.45, 7) is 2.16. The Bertz CT molecular complexity index is 286. The van der Waals surface area contributed by atoms with E-state index in [1.165, 1.54) is 6.33 Å². The van der Waals surface area contributed by atoms with Gasteiger partial charge in [-0.1, -0.05) is 0 Å². The molecule has 15 heavy (non-hydrogen) atoms. The van der Waals surface area contributed by atoms with Crippen molar-refractivity contribution in [2.75, 3.05) is 33.5 Å². The summed E-state index contributed by atoms with van der Waals surface area (Å²) in [7, 11) is 1.64. The summed E-state index contributed by atoms with van der Waals surface area (Å²) in [5, 5.41) is 0. The fourth-order valence-corrected chi connectivity index (χ4v) is 1.13. The smallest absolute Gasteiger partial charge is 0.217 e. The average Bonchev–Trinajstić information content (AvgIpc) is 2.23. The molecule has 1 aromatic heterocycles. The second-order valence-electron chi connectivity index (χ2n) is 2.63. The monoisotopic (exact) mass is 276 g/mol. The van der Waals surface area contributed by atoms with E-state index in [-0.39, 0.29) is 0 Å². The number of ether oxygens (including phenoxy) is 3. The Morgan fingerprint density at radius 1 is 1.20 bits per heavy atom. The van der Waals surface area contributed by atoms with Gasteiger partial charge in [-0.2, -0.15) is 0 Å². The van der Waals surface area contributed by atoms with Crippen molar-refractivity contribution in [3.63, 3.8) is 0 Å². The first-order valence-corrected chi connectivity index (χ1v) is 5.29. The molecule has 0 bridgehead atoms. The highest BCUT2D eigenvalue weighted by atomic mass is 79.9. The second-order valence-corrected chi connectivity index (χ2v) is 3.45. The molecule has 84 valence electrons. The van der Waals surface area contributed by atoms with Crippen molar-refractivity contribution in [1.82, 2.24) is 9.97 Å². The molecule has 0 saturated heterocycles. The van der Waals surface area contributed by atoms with Crippen LogP contribution < -0.4 is 4.74 Å². The molecule has 1 rings (SSSR count). The van der Waals surface area contributed by atoms with E-state index >= 15 is 0 Å². The third kappa shape index (κ3) is 5.66. The molecular weight excluding hydrogens is 264 g/mol. The number of hydrogen-bond acceptors (Lipinski definition) is 5. The van der Waals surface area contributed by atoms with Crippen LogP contribution in [0.2, 0.25) is 0 Å². The summed E-state index contributed by atoms with van der Waals surface area (Å²) < 4.78 is 16.1. The van der Waals surface area contributed by atoms with Crippen molar-refractivity contribution in [1.29, 1.82) is 0 Å². The van der Waals surface area contributed by atoms with Crippen LogP contribution in [0.5, 0.6) is 5.88 Å². The van der Waals surface area contributed by atoms with E-state index in [1.54, 1.807) is 13.2 Å². The van der Waals surface area contributed by atoms with E-state index in [2.05, 4.69) is 25.9 Å². The maximum atomic E-state index is 5.32. The Morgan fingerprint density at radius 3 is 2.73 bits per heavy atom. The SMILES string of the molecule is COCCOCCOc1cc(Br)ncn1. The van der Waals surface area contributed by atoms with Gasteiger partial charge in [0.25, 0.3) is 0 Å². The summed E-state index contributed by atoms with van der Waals surface area (Å²) in [4.78, 5) is 7.82. The van der Waals surface area contributed by atoms with Gasteiger partial charge in [0.15, 0.2) is 0 Å². The zero-order valence-corrected chi connectivity index (χ0v) is 10.1. The number of halogens is 1. The summed E-state index contributed by atoms with van der Waals surface area (Å²) >= 11 is 3.23. The first kappa shape index (κ1) is 12.4. The Labute approximate surface area is 96.9 Å². The number of methoxy groups -OCH3 is 1. The van der Waals surface area contributed by atoms with Crippen LogP contribution in [0.3, 0.4) is 0 Å². The van der Waals surface area contributed by atoms with Gasteiger partial charge in [0.05, 0.1) is 19.8 Å². The highest BCUT2D eigenvalue weighted by Gasteiger charge is 1.96. The lowest BCUT2D eigenvalue weighted by Gasteiger charge is -2.05. The van der Waals surface area contributed by atoms with Crippen LogP contribution in [0.1, 0.15) is 0 Å². The highest BCUT2D eigenvalue weighted by Crippen LogP contribution is 2.11. The summed E-state index contributed by atoms with van der Waals surface area (Å²) in [5.41, 5.74) is 0. The summed E-state index contributed by atoms with van der Waals surface area (Å²) in [6.07, 6.45) is 1.44. The summed E-state index contributed by atoms with van der Waals surface area (Å²) in [5.74, 6) is 0.534. The Hall–Kier alpha value is -0.720. The molecule has 0 spiro atoms. The number of aromatic nitrogens is 2. The summed E-state index contributed by atoms with van der Waals surface area (Å²) in [6, 6.07) is 1.70. The lowest BCUT2D eigenvalue weighted by atomic mass is 10.6. The van der Waals surface area contributed by atoms with Gasteiger partial charge in [-0.25, -0.2) is 9.97 Å². The largest absolute Gasteiger partial charge is 0.475 e. The van der Waals surface area contributed by atoms with Crippen molar-refractivity contribution in [3.8, 4) is 5.88 Å². The third-order valence-corrected chi connectivity index (χ3v) is 1.95. The van der Waals surface area contributed by atoms with Gasteiger partial charge in [0, 0.05) is 13.2 Å². The molecule has 1 heterocycles. The number of nitrogens with zero attached hydrogens (tertiary/aromatic N) is 2. The van der Waals surface area contributed by atoms with E-state index < -0.39 is 0 Å². The van der Waals surface area contributed by atoms with Gasteiger partial charge < -0.3 is 14.2 Å². The van der Waals surface area contributed by atoms with E-state index in [4.69, 9.17) is 14.2 Å². The van der Waals surface area contributed by atoms with E-state index in [9.17, 15) is 0 Å². The molecule has 5 nitrogen and oxygen atoms in total. The average molecular weight is 277 g/mol. The Balaban J connectivity index is 2.10. The zero-order chi connectivity index (χ0) is 10.9. The molecule has 0 aliphatic heterocycles. The molecule has 0 radical (unpaired) electrons. The van der Waals surface area contributed by atoms with E-state index in [0.29, 0.717) is 36.9 Å². The molecule has 0 saturated carbocycles. The van der Waals surface area contributed by atoms with Crippen LogP contribution in [-0.2, 0) is 9.47 Å². The van der Waals surface area contributed by atoms with Crippen LogP contribution in [0.4, 0.5) is 0 Å². The molecule has 0 aliphatic rings. The van der Waals surface area contributed by atoms with Crippen molar-refractivity contribution in [2.45, 2.75) is 0 Å². The quantitative estimate of drug-likeness (QED) is 0.555. The number of hydrogen-bond donors (Lipinski definition) is 0. The molecule has 0 fully saturated rings. The Kier molecular flexibility index (Phi) is 6.22. The van der Waals surface area contributed by atoms with Crippen LogP contribution >= 0.6 is 15.9 Å². The lowest BCUT2D eigenvalue weighted by Crippen LogP contribution is -2.10. The number of rotatable bonds is 7. The predicted molar refractivity (Wildman–Crippen MR) is 57.9 cm³/mol. The fourth-order valence-electron chi connectivity index (χ4n) is 0.846. The molecular formula is C9H13BrN2O3. The topological polar surface area (TPSA) is 53.5 Å². The standard InChI is InChI=1S/C9H13BrN2O3/c1-13-2-3-14-4-5-15-9-6-8(10)11-7-12-9/h6-7H,2-5H2,1H3. The molecule has 0 atom stereocenters. The van der Waals surface area contributed by atoms with Gasteiger partial charge in [-0.15, -0.1) is 0 Å². The first-order valence-electron chi connectivity index (χ1n) is 4.50.